The highest BCUT2D eigenvalue weighted by molar-refractivity contribution is 7.80. The topological polar surface area (TPSA) is 61.6 Å². The van der Waals surface area contributed by atoms with Crippen LogP contribution in [0.15, 0.2) is 83.0 Å². The van der Waals surface area contributed by atoms with E-state index in [1.807, 2.05) is 72.8 Å². The molecular weight excluding hydrogens is 605 g/mol. The molecule has 6 nitrogen and oxygen atoms in total. The Morgan fingerprint density at radius 2 is 1.00 bits per heavy atom. The second-order valence-corrected chi connectivity index (χ2v) is 12.7. The molecule has 258 valence electrons. The molecule has 3 rings (SSSR count). The van der Waals surface area contributed by atoms with Gasteiger partial charge in [-0.15, -0.1) is 0 Å². The standard InChI is InChI=1S/C40H58N2O4S/c1-3-4-5-6-7-8-9-10-11-14-29-43-34(2)32-45-39-23-17-35(18-24-39)33-46-40-27-21-37(22-28-40)42-41-36-19-25-38(26-20-36)44-30-15-12-13-16-31-47/h17-28,34,47H,3-16,29-33H2,1-2H3/t34-/m0/s1. The van der Waals surface area contributed by atoms with Crippen LogP contribution in [-0.4, -0.2) is 31.7 Å². The van der Waals surface area contributed by atoms with E-state index in [0.717, 1.165) is 66.0 Å². The Bertz CT molecular complexity index is 1200. The maximum Gasteiger partial charge on any atom is 0.119 e. The van der Waals surface area contributed by atoms with Crippen molar-refractivity contribution in [3.8, 4) is 17.2 Å². The number of ether oxygens (including phenoxy) is 4. The molecule has 0 saturated heterocycles. The molecule has 0 radical (unpaired) electrons. The Balaban J connectivity index is 1.25. The van der Waals surface area contributed by atoms with Gasteiger partial charge in [0.1, 0.15) is 30.5 Å². The molecule has 3 aromatic rings. The Hall–Kier alpha value is -3.03. The number of unbranched alkanes of at least 4 members (excludes halogenated alkanes) is 12. The molecule has 0 aliphatic rings. The van der Waals surface area contributed by atoms with E-state index in [1.54, 1.807) is 0 Å². The third kappa shape index (κ3) is 18.2. The maximum atomic E-state index is 5.98. The summed E-state index contributed by atoms with van der Waals surface area (Å²) in [7, 11) is 0. The van der Waals surface area contributed by atoms with Gasteiger partial charge in [0.2, 0.25) is 0 Å². The highest BCUT2D eigenvalue weighted by Gasteiger charge is 2.05. The van der Waals surface area contributed by atoms with Gasteiger partial charge in [-0.25, -0.2) is 0 Å². The third-order valence-corrected chi connectivity index (χ3v) is 8.31. The zero-order valence-corrected chi connectivity index (χ0v) is 29.8. The van der Waals surface area contributed by atoms with Gasteiger partial charge in [0.15, 0.2) is 0 Å². The molecule has 0 bridgehead atoms. The Labute approximate surface area is 290 Å². The highest BCUT2D eigenvalue weighted by atomic mass is 32.1. The second kappa shape index (κ2) is 25.0. The van der Waals surface area contributed by atoms with Crippen molar-refractivity contribution in [3.05, 3.63) is 78.4 Å². The Morgan fingerprint density at radius 3 is 1.57 bits per heavy atom. The Morgan fingerprint density at radius 1 is 0.532 bits per heavy atom. The van der Waals surface area contributed by atoms with Crippen molar-refractivity contribution in [1.82, 2.24) is 0 Å². The van der Waals surface area contributed by atoms with Crippen molar-refractivity contribution in [2.75, 3.05) is 25.6 Å². The zero-order valence-electron chi connectivity index (χ0n) is 28.9. The maximum absolute atomic E-state index is 5.98. The molecular formula is C40H58N2O4S. The van der Waals surface area contributed by atoms with E-state index in [0.29, 0.717) is 13.2 Å². The van der Waals surface area contributed by atoms with Gasteiger partial charge in [-0.2, -0.15) is 22.9 Å². The first-order valence-corrected chi connectivity index (χ1v) is 18.6. The minimum atomic E-state index is 0.0761. The van der Waals surface area contributed by atoms with Crippen LogP contribution in [-0.2, 0) is 11.3 Å². The van der Waals surface area contributed by atoms with Crippen molar-refractivity contribution in [1.29, 1.82) is 0 Å². The van der Waals surface area contributed by atoms with Gasteiger partial charge in [0.05, 0.1) is 24.1 Å². The van der Waals surface area contributed by atoms with Crippen LogP contribution in [0.1, 0.15) is 109 Å². The molecule has 3 aromatic carbocycles. The molecule has 0 aromatic heterocycles. The molecule has 0 unspecified atom stereocenters. The Kier molecular flexibility index (Phi) is 20.5. The van der Waals surface area contributed by atoms with Crippen LogP contribution in [0.5, 0.6) is 17.2 Å². The smallest absolute Gasteiger partial charge is 0.119 e. The molecule has 47 heavy (non-hydrogen) atoms. The summed E-state index contributed by atoms with van der Waals surface area (Å²) in [6.45, 7) is 6.92. The van der Waals surface area contributed by atoms with E-state index in [1.165, 1.54) is 77.0 Å². The van der Waals surface area contributed by atoms with Crippen LogP contribution in [0.2, 0.25) is 0 Å². The minimum Gasteiger partial charge on any atom is -0.494 e. The molecule has 0 spiro atoms. The first-order chi connectivity index (χ1) is 23.2. The predicted octanol–water partition coefficient (Wildman–Crippen LogP) is 12.3. The monoisotopic (exact) mass is 662 g/mol. The van der Waals surface area contributed by atoms with Gasteiger partial charge in [-0.05, 0) is 98.2 Å². The molecule has 0 N–H and O–H groups in total. The molecule has 1 atom stereocenters. The first kappa shape index (κ1) is 38.4. The van der Waals surface area contributed by atoms with E-state index in [9.17, 15) is 0 Å². The number of nitrogens with zero attached hydrogens (tertiary/aromatic N) is 2. The van der Waals surface area contributed by atoms with E-state index in [-0.39, 0.29) is 6.10 Å². The predicted molar refractivity (Wildman–Crippen MR) is 198 cm³/mol. The number of azo groups is 1. The number of benzene rings is 3. The summed E-state index contributed by atoms with van der Waals surface area (Å²) in [5.41, 5.74) is 2.62. The summed E-state index contributed by atoms with van der Waals surface area (Å²) in [6, 6.07) is 23.4. The van der Waals surface area contributed by atoms with Gasteiger partial charge >= 0.3 is 0 Å². The molecule has 0 heterocycles. The summed E-state index contributed by atoms with van der Waals surface area (Å²) in [5.74, 6) is 3.44. The minimum absolute atomic E-state index is 0.0761. The van der Waals surface area contributed by atoms with E-state index in [2.05, 4.69) is 36.7 Å². The fourth-order valence-electron chi connectivity index (χ4n) is 5.08. The third-order valence-electron chi connectivity index (χ3n) is 7.99. The molecule has 0 aliphatic heterocycles. The average molecular weight is 663 g/mol. The molecule has 0 saturated carbocycles. The lowest BCUT2D eigenvalue weighted by Crippen LogP contribution is -2.18. The van der Waals surface area contributed by atoms with Crippen LogP contribution in [0.3, 0.4) is 0 Å². The van der Waals surface area contributed by atoms with Gasteiger partial charge in [0, 0.05) is 6.61 Å². The van der Waals surface area contributed by atoms with E-state index in [4.69, 9.17) is 18.9 Å². The van der Waals surface area contributed by atoms with Gasteiger partial charge < -0.3 is 18.9 Å². The fraction of sp³-hybridized carbons (Fsp3) is 0.550. The molecule has 0 aliphatic carbocycles. The summed E-state index contributed by atoms with van der Waals surface area (Å²) in [4.78, 5) is 0. The zero-order chi connectivity index (χ0) is 33.2. The number of hydrogen-bond donors (Lipinski definition) is 1. The van der Waals surface area contributed by atoms with Crippen LogP contribution < -0.4 is 14.2 Å². The fourth-order valence-corrected chi connectivity index (χ4v) is 5.30. The molecule has 7 heteroatoms. The van der Waals surface area contributed by atoms with Crippen LogP contribution in [0, 0.1) is 0 Å². The lowest BCUT2D eigenvalue weighted by Gasteiger charge is -2.14. The number of rotatable bonds is 27. The van der Waals surface area contributed by atoms with Crippen molar-refractivity contribution in [2.45, 2.75) is 116 Å². The van der Waals surface area contributed by atoms with Gasteiger partial charge in [-0.3, -0.25) is 0 Å². The average Bonchev–Trinajstić information content (AvgIpc) is 3.11. The van der Waals surface area contributed by atoms with Crippen LogP contribution in [0.4, 0.5) is 11.4 Å². The molecule has 0 fully saturated rings. The second-order valence-electron chi connectivity index (χ2n) is 12.3. The molecule has 0 amide bonds. The highest BCUT2D eigenvalue weighted by Crippen LogP contribution is 2.24. The van der Waals surface area contributed by atoms with Gasteiger partial charge in [-0.1, -0.05) is 89.7 Å². The van der Waals surface area contributed by atoms with Crippen molar-refractivity contribution < 1.29 is 18.9 Å². The van der Waals surface area contributed by atoms with E-state index < -0.39 is 0 Å². The van der Waals surface area contributed by atoms with E-state index >= 15 is 0 Å². The quantitative estimate of drug-likeness (QED) is 0.0501. The van der Waals surface area contributed by atoms with Crippen LogP contribution in [0.25, 0.3) is 0 Å². The SMILES string of the molecule is CCCCCCCCCCCCO[C@@H](C)COc1ccc(COc2ccc(N=Nc3ccc(OCCCCCCS)cc3)cc2)cc1. The number of hydrogen-bond acceptors (Lipinski definition) is 7. The summed E-state index contributed by atoms with van der Waals surface area (Å²) in [5, 5.41) is 8.70. The summed E-state index contributed by atoms with van der Waals surface area (Å²) >= 11 is 4.25. The lowest BCUT2D eigenvalue weighted by molar-refractivity contribution is 0.0302. The van der Waals surface area contributed by atoms with Crippen LogP contribution >= 0.6 is 12.6 Å². The largest absolute Gasteiger partial charge is 0.494 e. The summed E-state index contributed by atoms with van der Waals surface area (Å²) in [6.07, 6.45) is 18.0. The van der Waals surface area contributed by atoms with Crippen molar-refractivity contribution >= 4 is 24.0 Å². The first-order valence-electron chi connectivity index (χ1n) is 18.0. The van der Waals surface area contributed by atoms with Crippen molar-refractivity contribution in [3.63, 3.8) is 0 Å². The van der Waals surface area contributed by atoms with Crippen molar-refractivity contribution in [2.24, 2.45) is 10.2 Å². The van der Waals surface area contributed by atoms with Gasteiger partial charge in [0.25, 0.3) is 0 Å². The summed E-state index contributed by atoms with van der Waals surface area (Å²) < 4.78 is 23.7. The lowest BCUT2D eigenvalue weighted by atomic mass is 10.1. The number of thiol groups is 1. The normalized spacial score (nSPS) is 12.0.